The Balaban J connectivity index is 2.74. The summed E-state index contributed by atoms with van der Waals surface area (Å²) >= 11 is 0. The number of aromatic hydroxyl groups is 1. The zero-order valence-electron chi connectivity index (χ0n) is 18.6. The third-order valence-electron chi connectivity index (χ3n) is 4.97. The monoisotopic (exact) mass is 429 g/mol. The van der Waals surface area contributed by atoms with Gasteiger partial charge in [0.15, 0.2) is 5.78 Å². The Labute approximate surface area is 188 Å². The van der Waals surface area contributed by atoms with Gasteiger partial charge in [0.05, 0.1) is 30.7 Å². The number of hydrogen-bond acceptors (Lipinski definition) is 6. The molecule has 0 aliphatic rings. The average Bonchev–Trinajstić information content (AvgIpc) is 2.77. The molecule has 6 nitrogen and oxygen atoms in total. The summed E-state index contributed by atoms with van der Waals surface area (Å²) in [4.78, 5) is 13.2. The predicted molar refractivity (Wildman–Crippen MR) is 123 cm³/mol. The number of benzene rings is 2. The number of nitrogens with two attached hydrogens (primary N) is 1. The maximum Gasteiger partial charge on any atom is 0.187 e. The van der Waals surface area contributed by atoms with Crippen LogP contribution in [0.25, 0.3) is 6.08 Å². The molecule has 0 radical (unpaired) electrons. The van der Waals surface area contributed by atoms with Crippen LogP contribution >= 0.6 is 0 Å². The van der Waals surface area contributed by atoms with E-state index in [-0.39, 0.29) is 31.2 Å². The Bertz CT molecular complexity index is 1130. The molecule has 1 atom stereocenters. The van der Waals surface area contributed by atoms with E-state index in [0.29, 0.717) is 22.4 Å². The quantitative estimate of drug-likeness (QED) is 0.448. The molecule has 0 heterocycles. The summed E-state index contributed by atoms with van der Waals surface area (Å²) in [5, 5.41) is 28.8. The van der Waals surface area contributed by atoms with Crippen molar-refractivity contribution in [3.05, 3.63) is 81.6 Å². The standard InChI is InChI=1S/C26H27N3O3/c1-4-6-20-14-19(15-28)8-9-21(20)26(22-13-17(2)7-10-23(22)30)25(18(3)29)24(31)16-32-12-5-11-27/h4,6-10,13-14,26,30H,5,12,16,29H2,1-3H3/b6-4-,25-18-. The van der Waals surface area contributed by atoms with Crippen molar-refractivity contribution in [2.24, 2.45) is 5.73 Å². The van der Waals surface area contributed by atoms with E-state index in [1.165, 1.54) is 0 Å². The SMILES string of the molecule is C/C=C\c1cc(C#N)ccc1C(/C(C(=O)COCCC#N)=C(/C)N)c1cc(C)ccc1O. The normalized spacial score (nSPS) is 12.7. The smallest absolute Gasteiger partial charge is 0.187 e. The fourth-order valence-electron chi connectivity index (χ4n) is 3.58. The minimum atomic E-state index is -0.675. The maximum atomic E-state index is 13.2. The number of rotatable bonds is 9. The van der Waals surface area contributed by atoms with Gasteiger partial charge in [0.25, 0.3) is 0 Å². The first-order valence-corrected chi connectivity index (χ1v) is 10.2. The van der Waals surface area contributed by atoms with Crippen molar-refractivity contribution in [1.82, 2.24) is 0 Å². The zero-order chi connectivity index (χ0) is 23.7. The van der Waals surface area contributed by atoms with Crippen LogP contribution in [0.4, 0.5) is 0 Å². The van der Waals surface area contributed by atoms with Gasteiger partial charge in [-0.2, -0.15) is 10.5 Å². The van der Waals surface area contributed by atoms with Gasteiger partial charge in [0, 0.05) is 22.8 Å². The topological polar surface area (TPSA) is 120 Å². The highest BCUT2D eigenvalue weighted by Gasteiger charge is 2.30. The Morgan fingerprint density at radius 2 is 1.97 bits per heavy atom. The molecule has 0 bridgehead atoms. The molecular formula is C26H27N3O3. The van der Waals surface area contributed by atoms with E-state index < -0.39 is 5.92 Å². The first-order valence-electron chi connectivity index (χ1n) is 10.2. The number of ether oxygens (including phenoxy) is 1. The number of nitriles is 2. The van der Waals surface area contributed by atoms with Crippen LogP contribution in [0.3, 0.4) is 0 Å². The van der Waals surface area contributed by atoms with Crippen molar-refractivity contribution < 1.29 is 14.6 Å². The first-order chi connectivity index (χ1) is 15.3. The molecule has 1 unspecified atom stereocenters. The average molecular weight is 430 g/mol. The number of phenols is 1. The molecule has 0 aliphatic heterocycles. The van der Waals surface area contributed by atoms with Crippen molar-refractivity contribution in [3.63, 3.8) is 0 Å². The lowest BCUT2D eigenvalue weighted by Crippen LogP contribution is -2.22. The fraction of sp³-hybridized carbons (Fsp3) is 0.269. The van der Waals surface area contributed by atoms with E-state index in [9.17, 15) is 15.2 Å². The minimum Gasteiger partial charge on any atom is -0.508 e. The molecule has 0 fully saturated rings. The zero-order valence-corrected chi connectivity index (χ0v) is 18.6. The van der Waals surface area contributed by atoms with Crippen LogP contribution in [0, 0.1) is 29.6 Å². The molecule has 2 rings (SSSR count). The Hall–Kier alpha value is -3.87. The highest BCUT2D eigenvalue weighted by Crippen LogP contribution is 2.40. The molecule has 0 saturated heterocycles. The largest absolute Gasteiger partial charge is 0.508 e. The van der Waals surface area contributed by atoms with Gasteiger partial charge in [0.1, 0.15) is 12.4 Å². The molecule has 0 amide bonds. The van der Waals surface area contributed by atoms with Gasteiger partial charge < -0.3 is 15.6 Å². The number of hydrogen-bond donors (Lipinski definition) is 2. The third kappa shape index (κ3) is 5.85. The summed E-state index contributed by atoms with van der Waals surface area (Å²) in [6.45, 7) is 5.31. The van der Waals surface area contributed by atoms with Gasteiger partial charge in [-0.25, -0.2) is 0 Å². The number of Topliss-reactive ketones (excluding diaryl/α,β-unsaturated/α-hetero) is 1. The van der Waals surface area contributed by atoms with Crippen LogP contribution < -0.4 is 5.73 Å². The molecule has 2 aromatic rings. The lowest BCUT2D eigenvalue weighted by atomic mass is 9.79. The second-order valence-corrected chi connectivity index (χ2v) is 7.43. The van der Waals surface area contributed by atoms with E-state index in [1.807, 2.05) is 38.1 Å². The number of nitrogens with zero attached hydrogens (tertiary/aromatic N) is 2. The van der Waals surface area contributed by atoms with Crippen molar-refractivity contribution in [2.75, 3.05) is 13.2 Å². The summed E-state index contributed by atoms with van der Waals surface area (Å²) < 4.78 is 5.38. The summed E-state index contributed by atoms with van der Waals surface area (Å²) in [6, 6.07) is 14.5. The first kappa shape index (κ1) is 24.4. The van der Waals surface area contributed by atoms with E-state index >= 15 is 0 Å². The van der Waals surface area contributed by atoms with Crippen molar-refractivity contribution >= 4 is 11.9 Å². The highest BCUT2D eigenvalue weighted by molar-refractivity contribution is 5.99. The van der Waals surface area contributed by atoms with Gasteiger partial charge in [0.2, 0.25) is 0 Å². The van der Waals surface area contributed by atoms with Gasteiger partial charge in [-0.1, -0.05) is 35.9 Å². The molecular weight excluding hydrogens is 402 g/mol. The molecule has 3 N–H and O–H groups in total. The molecule has 6 heteroatoms. The molecule has 0 saturated carbocycles. The summed E-state index contributed by atoms with van der Waals surface area (Å²) in [5.74, 6) is -0.969. The summed E-state index contributed by atoms with van der Waals surface area (Å²) in [7, 11) is 0. The molecule has 164 valence electrons. The van der Waals surface area contributed by atoms with Crippen LogP contribution in [0.15, 0.2) is 53.7 Å². The fourth-order valence-corrected chi connectivity index (χ4v) is 3.58. The van der Waals surface area contributed by atoms with Crippen LogP contribution in [0.1, 0.15) is 54.0 Å². The van der Waals surface area contributed by atoms with E-state index in [4.69, 9.17) is 15.7 Å². The Morgan fingerprint density at radius 1 is 1.22 bits per heavy atom. The van der Waals surface area contributed by atoms with Gasteiger partial charge in [-0.05, 0) is 50.1 Å². The van der Waals surface area contributed by atoms with E-state index in [0.717, 1.165) is 16.7 Å². The van der Waals surface area contributed by atoms with Gasteiger partial charge in [-0.15, -0.1) is 0 Å². The molecule has 2 aromatic carbocycles. The number of carbonyl (C=O) groups excluding carboxylic acids is 1. The second-order valence-electron chi connectivity index (χ2n) is 7.43. The lowest BCUT2D eigenvalue weighted by Gasteiger charge is -2.25. The summed E-state index contributed by atoms with van der Waals surface area (Å²) in [6.07, 6.45) is 3.88. The van der Waals surface area contributed by atoms with Crippen LogP contribution in [0.2, 0.25) is 0 Å². The van der Waals surface area contributed by atoms with Crippen molar-refractivity contribution in [1.29, 1.82) is 10.5 Å². The van der Waals surface area contributed by atoms with Crippen LogP contribution in [0.5, 0.6) is 5.75 Å². The van der Waals surface area contributed by atoms with E-state index in [2.05, 4.69) is 6.07 Å². The van der Waals surface area contributed by atoms with Crippen molar-refractivity contribution in [3.8, 4) is 17.9 Å². The summed E-state index contributed by atoms with van der Waals surface area (Å²) in [5.41, 5.74) is 10.2. The number of ketones is 1. The van der Waals surface area contributed by atoms with Gasteiger partial charge >= 0.3 is 0 Å². The van der Waals surface area contributed by atoms with Crippen molar-refractivity contribution in [2.45, 2.75) is 33.1 Å². The number of aryl methyl sites for hydroxylation is 1. The van der Waals surface area contributed by atoms with Crippen LogP contribution in [-0.2, 0) is 9.53 Å². The van der Waals surface area contributed by atoms with Crippen LogP contribution in [-0.4, -0.2) is 24.1 Å². The highest BCUT2D eigenvalue weighted by atomic mass is 16.5. The lowest BCUT2D eigenvalue weighted by molar-refractivity contribution is -0.120. The van der Waals surface area contributed by atoms with E-state index in [1.54, 1.807) is 37.3 Å². The molecule has 0 aliphatic carbocycles. The van der Waals surface area contributed by atoms with Gasteiger partial charge in [-0.3, -0.25) is 4.79 Å². The minimum absolute atomic E-state index is 0.0355. The Kier molecular flexibility index (Phi) is 8.77. The molecule has 0 spiro atoms. The number of phenolic OH excluding ortho intramolecular Hbond substituents is 1. The second kappa shape index (κ2) is 11.5. The maximum absolute atomic E-state index is 13.2. The number of allylic oxidation sites excluding steroid dienone is 2. The number of carbonyl (C=O) groups is 1. The predicted octanol–water partition coefficient (Wildman–Crippen LogP) is 4.47. The molecule has 32 heavy (non-hydrogen) atoms. The third-order valence-corrected chi connectivity index (χ3v) is 4.97. The molecule has 0 aromatic heterocycles. The Morgan fingerprint density at radius 3 is 2.59 bits per heavy atom.